The zero-order valence-electron chi connectivity index (χ0n) is 17.5. The fraction of sp³-hybridized carbons (Fsp3) is 0.364. The monoisotopic (exact) mass is 464 g/mol. The molecule has 2 aromatic carbocycles. The number of likely N-dealkylation sites (N-methyl/N-ethyl adjacent to an activating group) is 1. The zero-order valence-corrected chi connectivity index (χ0v) is 18.3. The highest BCUT2D eigenvalue weighted by Gasteiger charge is 2.32. The van der Waals surface area contributed by atoms with E-state index >= 15 is 0 Å². The minimum Gasteiger partial charge on any atom is -0.378 e. The second-order valence-corrected chi connectivity index (χ2v) is 8.74. The fourth-order valence-corrected chi connectivity index (χ4v) is 4.65. The number of halogens is 3. The van der Waals surface area contributed by atoms with Crippen LogP contribution in [0.3, 0.4) is 0 Å². The molecule has 1 aliphatic rings. The quantitative estimate of drug-likeness (QED) is 0.592. The molecule has 32 heavy (non-hydrogen) atoms. The van der Waals surface area contributed by atoms with Gasteiger partial charge in [0.1, 0.15) is 5.01 Å². The van der Waals surface area contributed by atoms with Gasteiger partial charge in [-0.1, -0.05) is 12.1 Å². The van der Waals surface area contributed by atoms with E-state index in [0.29, 0.717) is 38.5 Å². The van der Waals surface area contributed by atoms with Gasteiger partial charge in [0.25, 0.3) is 0 Å². The van der Waals surface area contributed by atoms with Gasteiger partial charge in [-0.15, -0.1) is 11.3 Å². The third-order valence-electron chi connectivity index (χ3n) is 5.11. The Hall–Kier alpha value is -2.69. The molecule has 3 aromatic rings. The number of para-hydroxylation sites is 1. The lowest BCUT2D eigenvalue weighted by Crippen LogP contribution is -2.37. The van der Waals surface area contributed by atoms with Crippen LogP contribution in [0.4, 0.5) is 24.5 Å². The molecule has 1 N–H and O–H groups in total. The maximum Gasteiger partial charge on any atom is 0.416 e. The van der Waals surface area contributed by atoms with Crippen molar-refractivity contribution in [1.82, 2.24) is 9.88 Å². The summed E-state index contributed by atoms with van der Waals surface area (Å²) >= 11 is 1.55. The van der Waals surface area contributed by atoms with E-state index < -0.39 is 11.7 Å². The minimum absolute atomic E-state index is 0.0225. The average Bonchev–Trinajstić information content (AvgIpc) is 3.15. The number of carbonyl (C=O) groups is 1. The van der Waals surface area contributed by atoms with E-state index in [4.69, 9.17) is 4.74 Å². The van der Waals surface area contributed by atoms with Crippen LogP contribution in [-0.4, -0.2) is 55.7 Å². The van der Waals surface area contributed by atoms with Crippen molar-refractivity contribution < 1.29 is 22.7 Å². The lowest BCUT2D eigenvalue weighted by molar-refractivity contribution is -0.137. The predicted molar refractivity (Wildman–Crippen MR) is 119 cm³/mol. The Morgan fingerprint density at radius 3 is 2.69 bits per heavy atom. The van der Waals surface area contributed by atoms with Gasteiger partial charge >= 0.3 is 6.18 Å². The molecule has 0 aliphatic carbocycles. The second kappa shape index (κ2) is 9.43. The first-order valence-corrected chi connectivity index (χ1v) is 11.0. The molecule has 0 spiro atoms. The molecule has 2 heterocycles. The SMILES string of the molecule is CN(CC(=O)Nc1cc(C(F)(F)F)ccc1N1CCOCC1)Cc1nc2ccccc2s1. The molecule has 0 radical (unpaired) electrons. The number of morpholine rings is 1. The van der Waals surface area contributed by atoms with E-state index in [-0.39, 0.29) is 18.1 Å². The molecule has 1 aromatic heterocycles. The van der Waals surface area contributed by atoms with Crippen LogP contribution >= 0.6 is 11.3 Å². The number of hydrogen-bond acceptors (Lipinski definition) is 6. The first kappa shape index (κ1) is 22.5. The van der Waals surface area contributed by atoms with E-state index in [2.05, 4.69) is 10.3 Å². The molecular formula is C22H23F3N4O2S. The highest BCUT2D eigenvalue weighted by Crippen LogP contribution is 2.35. The van der Waals surface area contributed by atoms with Gasteiger partial charge in [0, 0.05) is 13.1 Å². The summed E-state index contributed by atoms with van der Waals surface area (Å²) in [5.41, 5.74) is 0.820. The number of rotatable bonds is 6. The van der Waals surface area contributed by atoms with Gasteiger partial charge in [-0.2, -0.15) is 13.2 Å². The zero-order chi connectivity index (χ0) is 22.7. The smallest absolute Gasteiger partial charge is 0.378 e. The molecule has 0 bridgehead atoms. The van der Waals surface area contributed by atoms with Crippen molar-refractivity contribution in [2.45, 2.75) is 12.7 Å². The maximum absolute atomic E-state index is 13.3. The fourth-order valence-electron chi connectivity index (χ4n) is 3.60. The summed E-state index contributed by atoms with van der Waals surface area (Å²) in [5, 5.41) is 3.55. The van der Waals surface area contributed by atoms with Gasteiger partial charge in [0.15, 0.2) is 0 Å². The Labute approximate surface area is 187 Å². The van der Waals surface area contributed by atoms with E-state index in [1.165, 1.54) is 6.07 Å². The van der Waals surface area contributed by atoms with Gasteiger partial charge in [-0.05, 0) is 37.4 Å². The van der Waals surface area contributed by atoms with Crippen LogP contribution in [0.25, 0.3) is 10.2 Å². The van der Waals surface area contributed by atoms with E-state index in [9.17, 15) is 18.0 Å². The minimum atomic E-state index is -4.49. The highest BCUT2D eigenvalue weighted by molar-refractivity contribution is 7.18. The summed E-state index contributed by atoms with van der Waals surface area (Å²) in [5.74, 6) is -0.387. The summed E-state index contributed by atoms with van der Waals surface area (Å²) < 4.78 is 46.2. The lowest BCUT2D eigenvalue weighted by Gasteiger charge is -2.31. The number of fused-ring (bicyclic) bond motifs is 1. The summed E-state index contributed by atoms with van der Waals surface area (Å²) in [4.78, 5) is 21.0. The summed E-state index contributed by atoms with van der Waals surface area (Å²) in [7, 11) is 1.78. The third-order valence-corrected chi connectivity index (χ3v) is 6.13. The highest BCUT2D eigenvalue weighted by atomic mass is 32.1. The number of carbonyl (C=O) groups excluding carboxylic acids is 1. The Balaban J connectivity index is 1.46. The van der Waals surface area contributed by atoms with Crippen molar-refractivity contribution in [3.8, 4) is 0 Å². The Morgan fingerprint density at radius 1 is 1.22 bits per heavy atom. The van der Waals surface area contributed by atoms with Crippen molar-refractivity contribution in [3.63, 3.8) is 0 Å². The van der Waals surface area contributed by atoms with Crippen LogP contribution in [0.5, 0.6) is 0 Å². The third kappa shape index (κ3) is 5.37. The van der Waals surface area contributed by atoms with Crippen LogP contribution in [-0.2, 0) is 22.3 Å². The van der Waals surface area contributed by atoms with Crippen molar-refractivity contribution >= 4 is 38.8 Å². The lowest BCUT2D eigenvalue weighted by atomic mass is 10.1. The van der Waals surface area contributed by atoms with Gasteiger partial charge in [-0.3, -0.25) is 9.69 Å². The number of anilines is 2. The van der Waals surface area contributed by atoms with Gasteiger partial charge < -0.3 is 15.0 Å². The standard InChI is InChI=1S/C22H23F3N4O2S/c1-28(14-21-27-16-4-2-3-5-19(16)32-21)13-20(30)26-17-12-15(22(23,24)25)6-7-18(17)29-8-10-31-11-9-29/h2-7,12H,8-11,13-14H2,1H3,(H,26,30). The van der Waals surface area contributed by atoms with Crippen LogP contribution in [0, 0.1) is 0 Å². The molecule has 4 rings (SSSR count). The molecule has 10 heteroatoms. The number of benzene rings is 2. The van der Waals surface area contributed by atoms with E-state index in [1.54, 1.807) is 23.3 Å². The molecule has 1 aliphatic heterocycles. The number of amides is 1. The number of nitrogens with zero attached hydrogens (tertiary/aromatic N) is 3. The normalized spacial score (nSPS) is 14.8. The molecule has 1 saturated heterocycles. The van der Waals surface area contributed by atoms with Crippen LogP contribution in [0.15, 0.2) is 42.5 Å². The van der Waals surface area contributed by atoms with E-state index in [0.717, 1.165) is 27.4 Å². The van der Waals surface area contributed by atoms with Gasteiger partial charge in [0.05, 0.1) is 53.5 Å². The van der Waals surface area contributed by atoms with Gasteiger partial charge in [0.2, 0.25) is 5.91 Å². The molecule has 6 nitrogen and oxygen atoms in total. The maximum atomic E-state index is 13.3. The van der Waals surface area contributed by atoms with Crippen LogP contribution in [0.1, 0.15) is 10.6 Å². The van der Waals surface area contributed by atoms with Crippen molar-refractivity contribution in [2.24, 2.45) is 0 Å². The van der Waals surface area contributed by atoms with E-state index in [1.807, 2.05) is 29.2 Å². The van der Waals surface area contributed by atoms with Gasteiger partial charge in [-0.25, -0.2) is 4.98 Å². The molecule has 1 fully saturated rings. The largest absolute Gasteiger partial charge is 0.416 e. The molecule has 0 saturated carbocycles. The van der Waals surface area contributed by atoms with Crippen LogP contribution in [0.2, 0.25) is 0 Å². The number of aromatic nitrogens is 1. The summed E-state index contributed by atoms with van der Waals surface area (Å²) in [6.45, 7) is 2.55. The molecule has 1 amide bonds. The Bertz CT molecular complexity index is 1060. The van der Waals surface area contributed by atoms with Crippen molar-refractivity contribution in [3.05, 3.63) is 53.0 Å². The molecular weight excluding hydrogens is 441 g/mol. The number of hydrogen-bond donors (Lipinski definition) is 1. The molecule has 0 atom stereocenters. The number of thiazole rings is 1. The number of alkyl halides is 3. The number of ether oxygens (including phenoxy) is 1. The predicted octanol–water partition coefficient (Wildman–Crippen LogP) is 4.22. The number of nitrogens with one attached hydrogen (secondary N) is 1. The van der Waals surface area contributed by atoms with Crippen molar-refractivity contribution in [1.29, 1.82) is 0 Å². The average molecular weight is 465 g/mol. The topological polar surface area (TPSA) is 57.7 Å². The Morgan fingerprint density at radius 2 is 1.97 bits per heavy atom. The summed E-state index contributed by atoms with van der Waals surface area (Å²) in [6.07, 6.45) is -4.49. The Kier molecular flexibility index (Phi) is 6.63. The van der Waals surface area contributed by atoms with Crippen LogP contribution < -0.4 is 10.2 Å². The molecule has 170 valence electrons. The van der Waals surface area contributed by atoms with Crippen molar-refractivity contribution in [2.75, 3.05) is 50.1 Å². The molecule has 0 unspecified atom stereocenters. The second-order valence-electron chi connectivity index (χ2n) is 7.62. The first-order chi connectivity index (χ1) is 15.3. The first-order valence-electron chi connectivity index (χ1n) is 10.2. The summed E-state index contributed by atoms with van der Waals surface area (Å²) in [6, 6.07) is 11.2.